The quantitative estimate of drug-likeness (QED) is 0.393. The van der Waals surface area contributed by atoms with Crippen LogP contribution in [-0.4, -0.2) is 18.1 Å². The van der Waals surface area contributed by atoms with Crippen LogP contribution in [-0.2, 0) is 6.54 Å². The number of anilines is 1. The number of nitrogens with two attached hydrogens (primary N) is 1. The lowest BCUT2D eigenvalue weighted by Gasteiger charge is -2.22. The predicted octanol–water partition coefficient (Wildman–Crippen LogP) is 3.07. The highest BCUT2D eigenvalue weighted by molar-refractivity contribution is 6.31. The lowest BCUT2D eigenvalue weighted by Crippen LogP contribution is -2.22. The molecule has 0 spiro atoms. The Labute approximate surface area is 123 Å². The van der Waals surface area contributed by atoms with Gasteiger partial charge in [0.2, 0.25) is 0 Å². The maximum absolute atomic E-state index is 8.85. The molecular weight excluding hydrogens is 274 g/mol. The molecule has 0 aromatic heterocycles. The normalized spacial score (nSPS) is 11.4. The molecule has 0 aliphatic rings. The van der Waals surface area contributed by atoms with E-state index in [0.29, 0.717) is 12.1 Å². The Bertz CT molecular complexity index is 628. The molecule has 4 nitrogen and oxygen atoms in total. The van der Waals surface area contributed by atoms with Gasteiger partial charge in [-0.2, -0.15) is 0 Å². The van der Waals surface area contributed by atoms with Crippen molar-refractivity contribution in [3.8, 4) is 0 Å². The fourth-order valence-corrected chi connectivity index (χ4v) is 2.24. The Hall–Kier alpha value is -2.20. The van der Waals surface area contributed by atoms with Gasteiger partial charge in [0.1, 0.15) is 0 Å². The Morgan fingerprint density at radius 1 is 1.20 bits per heavy atom. The number of nitrogens with zero attached hydrogens (tertiary/aromatic N) is 2. The Morgan fingerprint density at radius 3 is 2.55 bits per heavy atom. The van der Waals surface area contributed by atoms with Crippen LogP contribution in [0.5, 0.6) is 0 Å². The van der Waals surface area contributed by atoms with E-state index in [9.17, 15) is 0 Å². The molecule has 0 bridgehead atoms. The first kappa shape index (κ1) is 14.2. The summed E-state index contributed by atoms with van der Waals surface area (Å²) >= 11 is 6.17. The number of oxime groups is 1. The van der Waals surface area contributed by atoms with Crippen LogP contribution in [0.25, 0.3) is 0 Å². The molecule has 2 aromatic carbocycles. The fourth-order valence-electron chi connectivity index (χ4n) is 2.04. The number of benzene rings is 2. The van der Waals surface area contributed by atoms with Gasteiger partial charge in [-0.3, -0.25) is 0 Å². The molecule has 0 aliphatic carbocycles. The highest BCUT2D eigenvalue weighted by Gasteiger charge is 2.11. The van der Waals surface area contributed by atoms with Gasteiger partial charge in [0.15, 0.2) is 5.84 Å². The van der Waals surface area contributed by atoms with E-state index < -0.39 is 0 Å². The predicted molar refractivity (Wildman–Crippen MR) is 82.5 cm³/mol. The molecule has 104 valence electrons. The zero-order valence-corrected chi connectivity index (χ0v) is 11.9. The molecule has 0 unspecified atom stereocenters. The zero-order chi connectivity index (χ0) is 14.5. The lowest BCUT2D eigenvalue weighted by molar-refractivity contribution is 0.318. The van der Waals surface area contributed by atoms with Crippen molar-refractivity contribution in [1.29, 1.82) is 0 Å². The third-order valence-corrected chi connectivity index (χ3v) is 3.43. The SMILES string of the molecule is CN(Cc1ccccc1Cl)c1ccccc1C(N)=NO. The molecule has 5 heteroatoms. The summed E-state index contributed by atoms with van der Waals surface area (Å²) in [5.74, 6) is 0.0895. The molecule has 0 saturated heterocycles. The molecule has 0 fully saturated rings. The van der Waals surface area contributed by atoms with Crippen molar-refractivity contribution in [1.82, 2.24) is 0 Å². The van der Waals surface area contributed by atoms with Crippen molar-refractivity contribution in [3.05, 3.63) is 64.7 Å². The number of halogens is 1. The number of hydrogen-bond donors (Lipinski definition) is 2. The van der Waals surface area contributed by atoms with Crippen LogP contribution in [0.15, 0.2) is 53.7 Å². The van der Waals surface area contributed by atoms with Crippen molar-refractivity contribution in [2.75, 3.05) is 11.9 Å². The standard InChI is InChI=1S/C15H16ClN3O/c1-19(10-11-6-2-4-8-13(11)16)14-9-5-3-7-12(14)15(17)18-20/h2-9,20H,10H2,1H3,(H2,17,18). The molecule has 2 aromatic rings. The molecular formula is C15H16ClN3O. The molecule has 0 heterocycles. The van der Waals surface area contributed by atoms with Gasteiger partial charge in [-0.1, -0.05) is 47.1 Å². The van der Waals surface area contributed by atoms with Crippen LogP contribution >= 0.6 is 11.6 Å². The van der Waals surface area contributed by atoms with E-state index in [1.165, 1.54) is 0 Å². The summed E-state index contributed by atoms with van der Waals surface area (Å²) in [4.78, 5) is 2.01. The highest BCUT2D eigenvalue weighted by Crippen LogP contribution is 2.23. The number of rotatable bonds is 4. The summed E-state index contributed by atoms with van der Waals surface area (Å²) in [6.07, 6.45) is 0. The first-order valence-electron chi connectivity index (χ1n) is 6.15. The van der Waals surface area contributed by atoms with E-state index in [4.69, 9.17) is 22.5 Å². The molecule has 0 saturated carbocycles. The summed E-state index contributed by atoms with van der Waals surface area (Å²) in [6, 6.07) is 15.2. The van der Waals surface area contributed by atoms with Gasteiger partial charge in [0, 0.05) is 29.9 Å². The summed E-state index contributed by atoms with van der Waals surface area (Å²) < 4.78 is 0. The summed E-state index contributed by atoms with van der Waals surface area (Å²) in [5, 5.41) is 12.6. The maximum atomic E-state index is 8.85. The van der Waals surface area contributed by atoms with Crippen molar-refractivity contribution in [3.63, 3.8) is 0 Å². The molecule has 3 N–H and O–H groups in total. The monoisotopic (exact) mass is 289 g/mol. The van der Waals surface area contributed by atoms with E-state index >= 15 is 0 Å². The maximum Gasteiger partial charge on any atom is 0.172 e. The molecule has 0 aliphatic heterocycles. The molecule has 2 rings (SSSR count). The van der Waals surface area contributed by atoms with Gasteiger partial charge in [-0.05, 0) is 23.8 Å². The van der Waals surface area contributed by atoms with E-state index in [2.05, 4.69) is 5.16 Å². The number of hydrogen-bond acceptors (Lipinski definition) is 3. The second kappa shape index (κ2) is 6.30. The highest BCUT2D eigenvalue weighted by atomic mass is 35.5. The van der Waals surface area contributed by atoms with Crippen LogP contribution in [0.4, 0.5) is 5.69 Å². The topological polar surface area (TPSA) is 61.8 Å². The van der Waals surface area contributed by atoms with Crippen molar-refractivity contribution in [2.45, 2.75) is 6.54 Å². The first-order chi connectivity index (χ1) is 9.63. The third-order valence-electron chi connectivity index (χ3n) is 3.06. The zero-order valence-electron chi connectivity index (χ0n) is 11.1. The van der Waals surface area contributed by atoms with Gasteiger partial charge in [0.25, 0.3) is 0 Å². The van der Waals surface area contributed by atoms with Crippen molar-refractivity contribution >= 4 is 23.1 Å². The van der Waals surface area contributed by atoms with E-state index in [1.807, 2.05) is 60.5 Å². The molecule has 20 heavy (non-hydrogen) atoms. The van der Waals surface area contributed by atoms with E-state index in [0.717, 1.165) is 16.3 Å². The Kier molecular flexibility index (Phi) is 4.48. The summed E-state index contributed by atoms with van der Waals surface area (Å²) in [6.45, 7) is 0.634. The van der Waals surface area contributed by atoms with Gasteiger partial charge < -0.3 is 15.8 Å². The average Bonchev–Trinajstić information content (AvgIpc) is 2.48. The van der Waals surface area contributed by atoms with Crippen molar-refractivity contribution in [2.24, 2.45) is 10.9 Å². The second-order valence-electron chi connectivity index (χ2n) is 4.45. The van der Waals surface area contributed by atoms with Crippen LogP contribution < -0.4 is 10.6 Å². The minimum Gasteiger partial charge on any atom is -0.409 e. The van der Waals surface area contributed by atoms with Gasteiger partial charge in [-0.15, -0.1) is 0 Å². The lowest BCUT2D eigenvalue weighted by atomic mass is 10.1. The van der Waals surface area contributed by atoms with Crippen molar-refractivity contribution < 1.29 is 5.21 Å². The van der Waals surface area contributed by atoms with Gasteiger partial charge in [-0.25, -0.2) is 0 Å². The van der Waals surface area contributed by atoms with Gasteiger partial charge >= 0.3 is 0 Å². The van der Waals surface area contributed by atoms with Crippen LogP contribution in [0, 0.1) is 0 Å². The first-order valence-corrected chi connectivity index (χ1v) is 6.52. The van der Waals surface area contributed by atoms with Crippen LogP contribution in [0.1, 0.15) is 11.1 Å². The molecule has 0 atom stereocenters. The second-order valence-corrected chi connectivity index (χ2v) is 4.86. The number of amidine groups is 1. The average molecular weight is 290 g/mol. The largest absolute Gasteiger partial charge is 0.409 e. The number of para-hydroxylation sites is 1. The van der Waals surface area contributed by atoms with Crippen LogP contribution in [0.2, 0.25) is 5.02 Å². The van der Waals surface area contributed by atoms with Crippen LogP contribution in [0.3, 0.4) is 0 Å². The summed E-state index contributed by atoms with van der Waals surface area (Å²) in [5.41, 5.74) is 8.29. The molecule has 0 amide bonds. The Morgan fingerprint density at radius 2 is 1.85 bits per heavy atom. The van der Waals surface area contributed by atoms with E-state index in [-0.39, 0.29) is 5.84 Å². The minimum atomic E-state index is 0.0895. The van der Waals surface area contributed by atoms with Gasteiger partial charge in [0.05, 0.1) is 0 Å². The Balaban J connectivity index is 2.30. The molecule has 0 radical (unpaired) electrons. The third kappa shape index (κ3) is 3.03. The fraction of sp³-hybridized carbons (Fsp3) is 0.133. The minimum absolute atomic E-state index is 0.0895. The smallest absolute Gasteiger partial charge is 0.172 e. The van der Waals surface area contributed by atoms with E-state index in [1.54, 1.807) is 0 Å². The summed E-state index contributed by atoms with van der Waals surface area (Å²) in [7, 11) is 1.94.